The fourth-order valence-corrected chi connectivity index (χ4v) is 4.61. The summed E-state index contributed by atoms with van der Waals surface area (Å²) < 4.78 is 0. The van der Waals surface area contributed by atoms with Crippen LogP contribution in [0.3, 0.4) is 0 Å². The van der Waals surface area contributed by atoms with E-state index in [1.807, 2.05) is 33.9 Å². The standard InChI is InChI=1S/C18H16N2O2S2/c21-17-13(5-6-14(19-17)16-4-2-9-24-16)18(22)20-8-1-3-15(20)12-7-10-23-11-12/h2,4-7,9-11,15H,1,3,8H2,(H,19,21). The molecule has 4 heterocycles. The van der Waals surface area contributed by atoms with Gasteiger partial charge < -0.3 is 9.88 Å². The van der Waals surface area contributed by atoms with Gasteiger partial charge in [-0.1, -0.05) is 6.07 Å². The summed E-state index contributed by atoms with van der Waals surface area (Å²) in [5.74, 6) is -0.178. The number of nitrogens with one attached hydrogen (secondary N) is 1. The van der Waals surface area contributed by atoms with Crippen molar-refractivity contribution in [3.05, 3.63) is 68.0 Å². The second-order valence-corrected chi connectivity index (χ2v) is 7.53. The smallest absolute Gasteiger partial charge is 0.261 e. The molecule has 0 radical (unpaired) electrons. The molecule has 24 heavy (non-hydrogen) atoms. The number of carbonyl (C=O) groups excluding carboxylic acids is 1. The molecule has 1 amide bonds. The van der Waals surface area contributed by atoms with E-state index < -0.39 is 0 Å². The van der Waals surface area contributed by atoms with Gasteiger partial charge in [0, 0.05) is 6.54 Å². The highest BCUT2D eigenvalue weighted by Crippen LogP contribution is 2.34. The molecule has 3 aromatic heterocycles. The highest BCUT2D eigenvalue weighted by Gasteiger charge is 2.31. The number of rotatable bonds is 3. The molecule has 1 saturated heterocycles. The first-order valence-electron chi connectivity index (χ1n) is 7.84. The zero-order valence-corrected chi connectivity index (χ0v) is 14.5. The van der Waals surface area contributed by atoms with Crippen molar-refractivity contribution in [2.45, 2.75) is 18.9 Å². The molecule has 1 atom stereocenters. The van der Waals surface area contributed by atoms with Gasteiger partial charge in [-0.3, -0.25) is 9.59 Å². The van der Waals surface area contributed by atoms with Gasteiger partial charge in [0.15, 0.2) is 0 Å². The van der Waals surface area contributed by atoms with E-state index in [1.54, 1.807) is 28.7 Å². The lowest BCUT2D eigenvalue weighted by atomic mass is 10.1. The largest absolute Gasteiger partial charge is 0.331 e. The summed E-state index contributed by atoms with van der Waals surface area (Å²) in [5.41, 5.74) is 1.82. The minimum atomic E-state index is -0.318. The zero-order valence-electron chi connectivity index (χ0n) is 12.9. The molecule has 0 bridgehead atoms. The molecule has 0 saturated carbocycles. The van der Waals surface area contributed by atoms with Crippen molar-refractivity contribution in [1.29, 1.82) is 0 Å². The van der Waals surface area contributed by atoms with E-state index in [-0.39, 0.29) is 23.1 Å². The Labute approximate surface area is 147 Å². The predicted octanol–water partition coefficient (Wildman–Crippen LogP) is 4.14. The Hall–Kier alpha value is -2.18. The van der Waals surface area contributed by atoms with Crippen LogP contribution in [0.4, 0.5) is 0 Å². The lowest BCUT2D eigenvalue weighted by Gasteiger charge is -2.24. The Kier molecular flexibility index (Phi) is 4.08. The summed E-state index contributed by atoms with van der Waals surface area (Å²) in [6.07, 6.45) is 1.92. The summed E-state index contributed by atoms with van der Waals surface area (Å²) in [7, 11) is 0. The highest BCUT2D eigenvalue weighted by atomic mass is 32.1. The average Bonchev–Trinajstić information content (AvgIpc) is 3.35. The Morgan fingerprint density at radius 3 is 2.83 bits per heavy atom. The van der Waals surface area contributed by atoms with Gasteiger partial charge in [-0.2, -0.15) is 11.3 Å². The average molecular weight is 356 g/mol. The van der Waals surface area contributed by atoms with E-state index in [9.17, 15) is 9.59 Å². The highest BCUT2D eigenvalue weighted by molar-refractivity contribution is 7.13. The van der Waals surface area contributed by atoms with Crippen molar-refractivity contribution in [1.82, 2.24) is 9.88 Å². The molecule has 4 rings (SSSR count). The minimum Gasteiger partial charge on any atom is -0.331 e. The monoisotopic (exact) mass is 356 g/mol. The Bertz CT molecular complexity index is 898. The second-order valence-electron chi connectivity index (χ2n) is 5.81. The maximum absolute atomic E-state index is 12.9. The maximum atomic E-state index is 12.9. The van der Waals surface area contributed by atoms with Crippen LogP contribution < -0.4 is 5.56 Å². The van der Waals surface area contributed by atoms with Crippen LogP contribution in [0.25, 0.3) is 10.6 Å². The molecule has 1 aliphatic heterocycles. The SMILES string of the molecule is O=C(c1ccc(-c2cccs2)[nH]c1=O)N1CCCC1c1ccsc1. The fourth-order valence-electron chi connectivity index (χ4n) is 3.19. The summed E-state index contributed by atoms with van der Waals surface area (Å²) in [6, 6.07) is 9.50. The van der Waals surface area contributed by atoms with Crippen LogP contribution in [0.5, 0.6) is 0 Å². The first kappa shape index (κ1) is 15.4. The van der Waals surface area contributed by atoms with E-state index in [1.165, 1.54) is 0 Å². The third-order valence-corrected chi connectivity index (χ3v) is 5.97. The van der Waals surface area contributed by atoms with E-state index in [0.29, 0.717) is 6.54 Å². The molecular weight excluding hydrogens is 340 g/mol. The number of aromatic nitrogens is 1. The number of thiophene rings is 2. The van der Waals surface area contributed by atoms with Crippen molar-refractivity contribution in [3.63, 3.8) is 0 Å². The molecule has 122 valence electrons. The van der Waals surface area contributed by atoms with Crippen molar-refractivity contribution < 1.29 is 4.79 Å². The molecule has 1 aliphatic rings. The van der Waals surface area contributed by atoms with Gasteiger partial charge >= 0.3 is 0 Å². The van der Waals surface area contributed by atoms with Crippen LogP contribution in [0, 0.1) is 0 Å². The van der Waals surface area contributed by atoms with Crippen LogP contribution in [0.15, 0.2) is 51.3 Å². The molecular formula is C18H16N2O2S2. The van der Waals surface area contributed by atoms with Crippen molar-refractivity contribution in [3.8, 4) is 10.6 Å². The van der Waals surface area contributed by atoms with Gasteiger partial charge in [0.25, 0.3) is 11.5 Å². The van der Waals surface area contributed by atoms with Gasteiger partial charge in [-0.05, 0) is 58.8 Å². The molecule has 4 nitrogen and oxygen atoms in total. The van der Waals surface area contributed by atoms with Gasteiger partial charge in [0.1, 0.15) is 5.56 Å². The lowest BCUT2D eigenvalue weighted by Crippen LogP contribution is -2.34. The van der Waals surface area contributed by atoms with Crippen molar-refractivity contribution >= 4 is 28.6 Å². The molecule has 1 unspecified atom stereocenters. The lowest BCUT2D eigenvalue weighted by molar-refractivity contribution is 0.0734. The van der Waals surface area contributed by atoms with Gasteiger partial charge in [0.2, 0.25) is 0 Å². The number of hydrogen-bond acceptors (Lipinski definition) is 4. The molecule has 6 heteroatoms. The number of hydrogen-bond donors (Lipinski definition) is 1. The van der Waals surface area contributed by atoms with E-state index in [2.05, 4.69) is 16.4 Å². The molecule has 0 aromatic carbocycles. The molecule has 3 aromatic rings. The van der Waals surface area contributed by atoms with Crippen LogP contribution in [-0.4, -0.2) is 22.3 Å². The molecule has 0 spiro atoms. The molecule has 0 aliphatic carbocycles. The summed E-state index contributed by atoms with van der Waals surface area (Å²) in [5, 5.41) is 6.07. The third kappa shape index (κ3) is 2.72. The van der Waals surface area contributed by atoms with Crippen LogP contribution >= 0.6 is 22.7 Å². The van der Waals surface area contributed by atoms with Gasteiger partial charge in [-0.15, -0.1) is 11.3 Å². The van der Waals surface area contributed by atoms with Crippen molar-refractivity contribution in [2.75, 3.05) is 6.54 Å². The van der Waals surface area contributed by atoms with Gasteiger partial charge in [0.05, 0.1) is 16.6 Å². The van der Waals surface area contributed by atoms with Gasteiger partial charge in [-0.25, -0.2) is 0 Å². The first-order valence-corrected chi connectivity index (χ1v) is 9.66. The van der Waals surface area contributed by atoms with E-state index in [4.69, 9.17) is 0 Å². The Morgan fingerprint density at radius 1 is 1.21 bits per heavy atom. The minimum absolute atomic E-state index is 0.0834. The van der Waals surface area contributed by atoms with Crippen LogP contribution in [-0.2, 0) is 0 Å². The topological polar surface area (TPSA) is 53.2 Å². The first-order chi connectivity index (χ1) is 11.7. The normalized spacial score (nSPS) is 17.3. The zero-order chi connectivity index (χ0) is 16.5. The van der Waals surface area contributed by atoms with Crippen LogP contribution in [0.1, 0.15) is 34.8 Å². The number of carbonyl (C=O) groups is 1. The molecule has 1 fully saturated rings. The number of likely N-dealkylation sites (tertiary alicyclic amines) is 1. The van der Waals surface area contributed by atoms with E-state index in [0.717, 1.165) is 29.0 Å². The number of pyridine rings is 1. The summed E-state index contributed by atoms with van der Waals surface area (Å²) >= 11 is 3.19. The summed E-state index contributed by atoms with van der Waals surface area (Å²) in [4.78, 5) is 31.0. The second kappa shape index (κ2) is 6.37. The Morgan fingerprint density at radius 2 is 2.12 bits per heavy atom. The fraction of sp³-hybridized carbons (Fsp3) is 0.222. The predicted molar refractivity (Wildman–Crippen MR) is 97.7 cm³/mol. The van der Waals surface area contributed by atoms with Crippen molar-refractivity contribution in [2.24, 2.45) is 0 Å². The third-order valence-electron chi connectivity index (χ3n) is 4.37. The Balaban J connectivity index is 1.64. The summed E-state index contributed by atoms with van der Waals surface area (Å²) in [6.45, 7) is 0.700. The number of aromatic amines is 1. The van der Waals surface area contributed by atoms with E-state index >= 15 is 0 Å². The number of nitrogens with zero attached hydrogens (tertiary/aromatic N) is 1. The number of H-pyrrole nitrogens is 1. The number of amides is 1. The van der Waals surface area contributed by atoms with Crippen LogP contribution in [0.2, 0.25) is 0 Å². The maximum Gasteiger partial charge on any atom is 0.261 e. The quantitative estimate of drug-likeness (QED) is 0.767. The molecule has 1 N–H and O–H groups in total.